The Balaban J connectivity index is 2.11. The van der Waals surface area contributed by atoms with Crippen LogP contribution in [0.5, 0.6) is 5.75 Å². The van der Waals surface area contributed by atoms with Crippen LogP contribution < -0.4 is 4.74 Å². The van der Waals surface area contributed by atoms with Gasteiger partial charge in [-0.3, -0.25) is 4.90 Å². The van der Waals surface area contributed by atoms with Crippen molar-refractivity contribution in [1.82, 2.24) is 4.90 Å². The fourth-order valence-electron chi connectivity index (χ4n) is 2.37. The average molecular weight is 291 g/mol. The molecule has 2 rings (SSSR count). The molecule has 0 aliphatic carbocycles. The summed E-state index contributed by atoms with van der Waals surface area (Å²) < 4.78 is 5.30. The summed E-state index contributed by atoms with van der Waals surface area (Å²) in [6, 6.07) is 6.77. The number of aliphatic hydroxyl groups excluding tert-OH is 1. The Kier molecular flexibility index (Phi) is 5.78. The van der Waals surface area contributed by atoms with E-state index in [0.717, 1.165) is 17.9 Å². The lowest BCUT2D eigenvalue weighted by Crippen LogP contribution is -2.30. The summed E-state index contributed by atoms with van der Waals surface area (Å²) in [5, 5.41) is 8.82. The normalized spacial score (nSPS) is 17.9. The summed E-state index contributed by atoms with van der Waals surface area (Å²) in [6.45, 7) is 0.787. The zero-order chi connectivity index (χ0) is 14.4. The van der Waals surface area contributed by atoms with Gasteiger partial charge in [0.15, 0.2) is 0 Å². The second kappa shape index (κ2) is 7.58. The molecule has 1 unspecified atom stereocenters. The van der Waals surface area contributed by atoms with Crippen LogP contribution in [-0.4, -0.2) is 48.3 Å². The number of thioether (sulfide) groups is 1. The molecule has 0 bridgehead atoms. The van der Waals surface area contributed by atoms with E-state index >= 15 is 0 Å². The quantitative estimate of drug-likeness (QED) is 0.860. The Labute approximate surface area is 125 Å². The Hall–Kier alpha value is -1.15. The highest BCUT2D eigenvalue weighted by molar-refractivity contribution is 7.99. The minimum absolute atomic E-state index is 0.132. The van der Waals surface area contributed by atoms with Gasteiger partial charge in [-0.15, -0.1) is 0 Å². The van der Waals surface area contributed by atoms with Gasteiger partial charge in [-0.2, -0.15) is 11.8 Å². The highest BCUT2D eigenvalue weighted by Crippen LogP contribution is 2.24. The van der Waals surface area contributed by atoms with E-state index in [1.54, 1.807) is 7.11 Å². The van der Waals surface area contributed by atoms with Crippen molar-refractivity contribution in [3.05, 3.63) is 29.3 Å². The predicted molar refractivity (Wildman–Crippen MR) is 84.2 cm³/mol. The van der Waals surface area contributed by atoms with Gasteiger partial charge in [0.25, 0.3) is 0 Å². The molecule has 1 saturated heterocycles. The van der Waals surface area contributed by atoms with E-state index in [1.165, 1.54) is 23.5 Å². The summed E-state index contributed by atoms with van der Waals surface area (Å²) >= 11 is 2.03. The molecule has 1 heterocycles. The topological polar surface area (TPSA) is 32.7 Å². The van der Waals surface area contributed by atoms with Crippen molar-refractivity contribution < 1.29 is 9.84 Å². The first-order valence-corrected chi connectivity index (χ1v) is 7.94. The van der Waals surface area contributed by atoms with Crippen LogP contribution >= 0.6 is 11.8 Å². The van der Waals surface area contributed by atoms with Crippen LogP contribution in [0.3, 0.4) is 0 Å². The first-order chi connectivity index (χ1) is 9.74. The van der Waals surface area contributed by atoms with E-state index in [4.69, 9.17) is 9.84 Å². The number of hydrogen-bond donors (Lipinski definition) is 1. The summed E-state index contributed by atoms with van der Waals surface area (Å²) in [6.07, 6.45) is 1.27. The largest absolute Gasteiger partial charge is 0.495 e. The van der Waals surface area contributed by atoms with Crippen LogP contribution in [0.4, 0.5) is 0 Å². The SMILES string of the molecule is COc1ccc(CN(C)C2CCSC2)cc1C#CCO. The molecule has 0 amide bonds. The van der Waals surface area contributed by atoms with Crippen LogP contribution in [0.15, 0.2) is 18.2 Å². The van der Waals surface area contributed by atoms with E-state index in [0.29, 0.717) is 6.04 Å². The van der Waals surface area contributed by atoms with Gasteiger partial charge in [-0.1, -0.05) is 17.9 Å². The van der Waals surface area contributed by atoms with Crippen molar-refractivity contribution in [1.29, 1.82) is 0 Å². The average Bonchev–Trinajstić information content (AvgIpc) is 2.99. The molecule has 1 fully saturated rings. The molecule has 0 saturated carbocycles. The molecule has 20 heavy (non-hydrogen) atoms. The monoisotopic (exact) mass is 291 g/mol. The molecule has 0 spiro atoms. The number of aliphatic hydroxyl groups is 1. The van der Waals surface area contributed by atoms with Gasteiger partial charge >= 0.3 is 0 Å². The lowest BCUT2D eigenvalue weighted by Gasteiger charge is -2.23. The van der Waals surface area contributed by atoms with Crippen molar-refractivity contribution in [2.45, 2.75) is 19.0 Å². The standard InChI is InChI=1S/C16H21NO2S/c1-17(15-7-9-20-12-15)11-13-5-6-16(19-2)14(10-13)4-3-8-18/h5-6,10,15,18H,7-9,11-12H2,1-2H3. The minimum atomic E-state index is -0.132. The number of nitrogens with zero attached hydrogens (tertiary/aromatic N) is 1. The molecule has 1 atom stereocenters. The third kappa shape index (κ3) is 3.92. The maximum absolute atomic E-state index is 8.82. The van der Waals surface area contributed by atoms with E-state index in [2.05, 4.69) is 35.9 Å². The number of rotatable bonds is 4. The molecule has 3 nitrogen and oxygen atoms in total. The summed E-state index contributed by atoms with van der Waals surface area (Å²) in [5.74, 6) is 8.89. The number of hydrogen-bond acceptors (Lipinski definition) is 4. The van der Waals surface area contributed by atoms with Crippen molar-refractivity contribution >= 4 is 11.8 Å². The molecular weight excluding hydrogens is 270 g/mol. The Morgan fingerprint density at radius 3 is 3.00 bits per heavy atom. The number of methoxy groups -OCH3 is 1. The van der Waals surface area contributed by atoms with Crippen LogP contribution in [0, 0.1) is 11.8 Å². The van der Waals surface area contributed by atoms with Gasteiger partial charge in [-0.05, 0) is 36.9 Å². The Bertz CT molecular complexity index is 501. The van der Waals surface area contributed by atoms with E-state index < -0.39 is 0 Å². The molecule has 1 aromatic rings. The summed E-state index contributed by atoms with van der Waals surface area (Å²) in [4.78, 5) is 2.41. The van der Waals surface area contributed by atoms with Crippen LogP contribution in [0.25, 0.3) is 0 Å². The van der Waals surface area contributed by atoms with Gasteiger partial charge < -0.3 is 9.84 Å². The fraction of sp³-hybridized carbons (Fsp3) is 0.500. The highest BCUT2D eigenvalue weighted by Gasteiger charge is 2.20. The molecule has 1 N–H and O–H groups in total. The zero-order valence-corrected chi connectivity index (χ0v) is 12.9. The van der Waals surface area contributed by atoms with Crippen molar-refractivity contribution in [3.8, 4) is 17.6 Å². The van der Waals surface area contributed by atoms with E-state index in [9.17, 15) is 0 Å². The highest BCUT2D eigenvalue weighted by atomic mass is 32.2. The predicted octanol–water partition coefficient (Wildman–Crippen LogP) is 1.98. The van der Waals surface area contributed by atoms with Gasteiger partial charge in [-0.25, -0.2) is 0 Å². The smallest absolute Gasteiger partial charge is 0.134 e. The molecule has 1 aromatic carbocycles. The Morgan fingerprint density at radius 1 is 1.50 bits per heavy atom. The number of ether oxygens (including phenoxy) is 1. The van der Waals surface area contributed by atoms with Crippen molar-refractivity contribution in [3.63, 3.8) is 0 Å². The van der Waals surface area contributed by atoms with Crippen LogP contribution in [-0.2, 0) is 6.54 Å². The molecule has 108 valence electrons. The van der Waals surface area contributed by atoms with Gasteiger partial charge in [0.05, 0.1) is 12.7 Å². The molecule has 4 heteroatoms. The van der Waals surface area contributed by atoms with Crippen molar-refractivity contribution in [2.75, 3.05) is 32.3 Å². The second-order valence-corrected chi connectivity index (χ2v) is 6.08. The van der Waals surface area contributed by atoms with E-state index in [-0.39, 0.29) is 6.61 Å². The number of benzene rings is 1. The molecule has 0 aromatic heterocycles. The third-order valence-electron chi connectivity index (χ3n) is 3.53. The summed E-state index contributed by atoms with van der Waals surface area (Å²) in [7, 11) is 3.82. The van der Waals surface area contributed by atoms with Gasteiger partial charge in [0, 0.05) is 18.3 Å². The molecule has 0 radical (unpaired) electrons. The van der Waals surface area contributed by atoms with Gasteiger partial charge in [0.1, 0.15) is 12.4 Å². The maximum atomic E-state index is 8.82. The van der Waals surface area contributed by atoms with Crippen molar-refractivity contribution in [2.24, 2.45) is 0 Å². The first-order valence-electron chi connectivity index (χ1n) is 6.79. The molecule has 1 aliphatic rings. The van der Waals surface area contributed by atoms with Crippen LogP contribution in [0.2, 0.25) is 0 Å². The second-order valence-electron chi connectivity index (χ2n) is 4.93. The van der Waals surface area contributed by atoms with E-state index in [1.807, 2.05) is 17.8 Å². The molecular formula is C16H21NO2S. The molecule has 1 aliphatic heterocycles. The van der Waals surface area contributed by atoms with Crippen LogP contribution in [0.1, 0.15) is 17.5 Å². The fourth-order valence-corrected chi connectivity index (χ4v) is 3.67. The third-order valence-corrected chi connectivity index (χ3v) is 4.67. The Morgan fingerprint density at radius 2 is 2.35 bits per heavy atom. The lowest BCUT2D eigenvalue weighted by atomic mass is 10.1. The summed E-state index contributed by atoms with van der Waals surface area (Å²) in [5.41, 5.74) is 2.07. The lowest BCUT2D eigenvalue weighted by molar-refractivity contribution is 0.254. The minimum Gasteiger partial charge on any atom is -0.495 e. The maximum Gasteiger partial charge on any atom is 0.134 e. The first kappa shape index (κ1) is 15.2. The van der Waals surface area contributed by atoms with Gasteiger partial charge in [0.2, 0.25) is 0 Å². The zero-order valence-electron chi connectivity index (χ0n) is 12.1.